The van der Waals surface area contributed by atoms with Crippen LogP contribution in [0.1, 0.15) is 46.6 Å². The van der Waals surface area contributed by atoms with Gasteiger partial charge in [-0.05, 0) is 51.3 Å². The lowest BCUT2D eigenvalue weighted by Crippen LogP contribution is -2.42. The summed E-state index contributed by atoms with van der Waals surface area (Å²) in [5, 5.41) is 2.88. The van der Waals surface area contributed by atoms with Gasteiger partial charge < -0.3 is 19.5 Å². The normalized spacial score (nSPS) is 13.7. The number of carbonyl (C=O) groups is 1. The molecule has 1 atom stereocenters. The Hall–Kier alpha value is -2.83. The fourth-order valence-corrected chi connectivity index (χ4v) is 3.36. The molecule has 1 aromatic carbocycles. The summed E-state index contributed by atoms with van der Waals surface area (Å²) in [5.41, 5.74) is 1.32. The second-order valence-corrected chi connectivity index (χ2v) is 8.87. The molecule has 2 heterocycles. The Morgan fingerprint density at radius 1 is 1.30 bits per heavy atom. The lowest BCUT2D eigenvalue weighted by Gasteiger charge is -2.25. The molecule has 0 bridgehead atoms. The zero-order valence-corrected chi connectivity index (χ0v) is 18.1. The van der Waals surface area contributed by atoms with Crippen molar-refractivity contribution in [1.82, 2.24) is 10.3 Å². The first-order valence-electron chi connectivity index (χ1n) is 10.2. The Balaban J connectivity index is 1.69. The van der Waals surface area contributed by atoms with Gasteiger partial charge in [0.05, 0.1) is 6.04 Å². The van der Waals surface area contributed by atoms with E-state index in [1.165, 1.54) is 6.20 Å². The molecule has 0 spiro atoms. The maximum atomic E-state index is 14.2. The highest BCUT2D eigenvalue weighted by Crippen LogP contribution is 2.40. The van der Waals surface area contributed by atoms with Crippen LogP contribution < -0.4 is 14.8 Å². The predicted molar refractivity (Wildman–Crippen MR) is 112 cm³/mol. The van der Waals surface area contributed by atoms with Crippen LogP contribution >= 0.6 is 0 Å². The summed E-state index contributed by atoms with van der Waals surface area (Å²) in [7, 11) is 0. The molecule has 1 N–H and O–H groups in total. The average molecular weight is 416 g/mol. The standard InChI is InChI=1S/C23H29FN2O4/c1-14(2)10-16(26-22(27)30-23(3,4)5)13-28-17-6-7-18-19(11-17)29-12-15-8-9-25-21(24)20(15)18/h6-9,11,14,16H,10,12-13H2,1-5H3,(H,26,27)/t16-/m0/s1. The van der Waals surface area contributed by atoms with Crippen molar-refractivity contribution in [3.63, 3.8) is 0 Å². The van der Waals surface area contributed by atoms with Crippen LogP contribution in [0.25, 0.3) is 11.1 Å². The number of nitrogens with zero attached hydrogens (tertiary/aromatic N) is 1. The molecule has 1 aliphatic heterocycles. The van der Waals surface area contributed by atoms with Gasteiger partial charge in [0.1, 0.15) is 30.3 Å². The zero-order chi connectivity index (χ0) is 21.9. The average Bonchev–Trinajstić information content (AvgIpc) is 2.64. The minimum Gasteiger partial charge on any atom is -0.491 e. The van der Waals surface area contributed by atoms with Gasteiger partial charge in [-0.15, -0.1) is 0 Å². The topological polar surface area (TPSA) is 69.7 Å². The summed E-state index contributed by atoms with van der Waals surface area (Å²) in [6, 6.07) is 6.82. The Labute approximate surface area is 176 Å². The zero-order valence-electron chi connectivity index (χ0n) is 18.1. The van der Waals surface area contributed by atoms with Crippen LogP contribution in [0.3, 0.4) is 0 Å². The molecule has 1 aliphatic rings. The lowest BCUT2D eigenvalue weighted by molar-refractivity contribution is 0.0480. The van der Waals surface area contributed by atoms with E-state index < -0.39 is 17.6 Å². The molecule has 1 amide bonds. The molecule has 0 saturated carbocycles. The Kier molecular flexibility index (Phi) is 6.48. The van der Waals surface area contributed by atoms with Gasteiger partial charge in [0, 0.05) is 29.0 Å². The molecule has 3 rings (SSSR count). The van der Waals surface area contributed by atoms with Gasteiger partial charge in [-0.3, -0.25) is 0 Å². The third kappa shape index (κ3) is 5.62. The smallest absolute Gasteiger partial charge is 0.407 e. The molecule has 0 fully saturated rings. The number of hydrogen-bond donors (Lipinski definition) is 1. The second-order valence-electron chi connectivity index (χ2n) is 8.87. The van der Waals surface area contributed by atoms with Crippen LogP contribution in [0.4, 0.5) is 9.18 Å². The van der Waals surface area contributed by atoms with Crippen LogP contribution in [0.15, 0.2) is 30.5 Å². The van der Waals surface area contributed by atoms with Crippen molar-refractivity contribution in [2.45, 2.75) is 59.3 Å². The molecule has 0 radical (unpaired) electrons. The minimum absolute atomic E-state index is 0.209. The number of ether oxygens (including phenoxy) is 3. The summed E-state index contributed by atoms with van der Waals surface area (Å²) in [6.45, 7) is 10.2. The summed E-state index contributed by atoms with van der Waals surface area (Å²) >= 11 is 0. The number of fused-ring (bicyclic) bond motifs is 3. The fraction of sp³-hybridized carbons (Fsp3) is 0.478. The number of nitrogens with one attached hydrogen (secondary N) is 1. The molecule has 0 aliphatic carbocycles. The molecule has 1 aromatic heterocycles. The highest BCUT2D eigenvalue weighted by Gasteiger charge is 2.23. The Bertz CT molecular complexity index is 909. The van der Waals surface area contributed by atoms with E-state index in [-0.39, 0.29) is 19.3 Å². The van der Waals surface area contributed by atoms with E-state index in [1.54, 1.807) is 24.3 Å². The van der Waals surface area contributed by atoms with E-state index in [2.05, 4.69) is 24.1 Å². The van der Waals surface area contributed by atoms with Gasteiger partial charge >= 0.3 is 6.09 Å². The second kappa shape index (κ2) is 8.90. The highest BCUT2D eigenvalue weighted by molar-refractivity contribution is 5.75. The summed E-state index contributed by atoms with van der Waals surface area (Å²) in [4.78, 5) is 15.9. The fourth-order valence-electron chi connectivity index (χ4n) is 3.36. The van der Waals surface area contributed by atoms with Crippen LogP contribution in [0.2, 0.25) is 0 Å². The number of carbonyl (C=O) groups excluding carboxylic acids is 1. The first kappa shape index (κ1) is 21.9. The van der Waals surface area contributed by atoms with Gasteiger partial charge in [-0.25, -0.2) is 9.78 Å². The van der Waals surface area contributed by atoms with Crippen molar-refractivity contribution in [3.05, 3.63) is 42.0 Å². The summed E-state index contributed by atoms with van der Waals surface area (Å²) in [5.74, 6) is 0.991. The van der Waals surface area contributed by atoms with Crippen molar-refractivity contribution in [3.8, 4) is 22.6 Å². The third-order valence-electron chi connectivity index (χ3n) is 4.52. The molecule has 162 valence electrons. The summed E-state index contributed by atoms with van der Waals surface area (Å²) in [6.07, 6.45) is 1.71. The van der Waals surface area contributed by atoms with E-state index in [1.807, 2.05) is 20.8 Å². The maximum Gasteiger partial charge on any atom is 0.407 e. The largest absolute Gasteiger partial charge is 0.491 e. The molecule has 0 unspecified atom stereocenters. The maximum absolute atomic E-state index is 14.2. The van der Waals surface area contributed by atoms with Crippen molar-refractivity contribution in [1.29, 1.82) is 0 Å². The van der Waals surface area contributed by atoms with Crippen molar-refractivity contribution in [2.75, 3.05) is 6.61 Å². The van der Waals surface area contributed by atoms with Gasteiger partial charge in [0.25, 0.3) is 0 Å². The molecular formula is C23H29FN2O4. The van der Waals surface area contributed by atoms with Gasteiger partial charge in [0.2, 0.25) is 5.95 Å². The number of pyridine rings is 1. The summed E-state index contributed by atoms with van der Waals surface area (Å²) < 4.78 is 31.3. The van der Waals surface area contributed by atoms with Crippen LogP contribution in [0, 0.1) is 11.9 Å². The first-order chi connectivity index (χ1) is 14.1. The molecule has 2 aromatic rings. The van der Waals surface area contributed by atoms with E-state index in [0.717, 1.165) is 12.0 Å². The van der Waals surface area contributed by atoms with Crippen molar-refractivity contribution < 1.29 is 23.4 Å². The first-order valence-corrected chi connectivity index (χ1v) is 10.2. The van der Waals surface area contributed by atoms with E-state index in [9.17, 15) is 9.18 Å². The van der Waals surface area contributed by atoms with Crippen molar-refractivity contribution in [2.24, 2.45) is 5.92 Å². The number of benzene rings is 1. The Morgan fingerprint density at radius 2 is 2.07 bits per heavy atom. The highest BCUT2D eigenvalue weighted by atomic mass is 19.1. The number of rotatable bonds is 6. The third-order valence-corrected chi connectivity index (χ3v) is 4.52. The Morgan fingerprint density at radius 3 is 2.77 bits per heavy atom. The number of aromatic nitrogens is 1. The SMILES string of the molecule is CC(C)C[C@@H](COc1ccc2c(c1)OCc1ccnc(F)c1-2)NC(=O)OC(C)(C)C. The predicted octanol–water partition coefficient (Wildman–Crippen LogP) is 5.10. The quantitative estimate of drug-likeness (QED) is 0.664. The van der Waals surface area contributed by atoms with E-state index >= 15 is 0 Å². The van der Waals surface area contributed by atoms with Crippen LogP contribution in [-0.2, 0) is 11.3 Å². The van der Waals surface area contributed by atoms with Crippen LogP contribution in [0.5, 0.6) is 11.5 Å². The molecule has 0 saturated heterocycles. The van der Waals surface area contributed by atoms with Gasteiger partial charge in [-0.2, -0.15) is 4.39 Å². The minimum atomic E-state index is -0.566. The molecule has 30 heavy (non-hydrogen) atoms. The lowest BCUT2D eigenvalue weighted by atomic mass is 9.99. The van der Waals surface area contributed by atoms with Gasteiger partial charge in [0.15, 0.2) is 0 Å². The number of amides is 1. The number of hydrogen-bond acceptors (Lipinski definition) is 5. The number of halogens is 1. The van der Waals surface area contributed by atoms with Gasteiger partial charge in [-0.1, -0.05) is 13.8 Å². The molecular weight excluding hydrogens is 387 g/mol. The monoisotopic (exact) mass is 416 g/mol. The van der Waals surface area contributed by atoms with Crippen molar-refractivity contribution >= 4 is 6.09 Å². The van der Waals surface area contributed by atoms with Crippen LogP contribution in [-0.4, -0.2) is 29.3 Å². The number of alkyl carbamates (subject to hydrolysis) is 1. The molecule has 7 heteroatoms. The van der Waals surface area contributed by atoms with E-state index in [4.69, 9.17) is 14.2 Å². The van der Waals surface area contributed by atoms with E-state index in [0.29, 0.717) is 28.5 Å². The molecule has 6 nitrogen and oxygen atoms in total.